The SMILES string of the molecule is C[C@H](CCCN=C(N)N)C(=O)N[C@H](CCCN=C(N)N)C(=O)N[C@H](CCCN=C(N)N)C(=O)N[C@H](CCCN=C(N)N)C(=O)N[C@H](CCCN=C(N)N)C(=O)N[C@H](CCCN=C(N)N)C(=O)N[C@H](CCCN=C(N)N)C(=O)N[C@H](CCCN=C(N)N)C(=O)N[C@H](CS)C(N)=O. The number of carbonyl (C=O) groups excluding carboxylic acids is 9. The highest BCUT2D eigenvalue weighted by Crippen LogP contribution is 2.13. The van der Waals surface area contributed by atoms with Crippen molar-refractivity contribution in [3.8, 4) is 0 Å². The summed E-state index contributed by atoms with van der Waals surface area (Å²) in [5.41, 5.74) is 94.1. The van der Waals surface area contributed by atoms with Crippen LogP contribution >= 0.6 is 12.6 Å². The Hall–Kier alpha value is -10.3. The Balaban J connectivity index is 7.68. The number of nitrogens with one attached hydrogen (secondary N) is 8. The van der Waals surface area contributed by atoms with Crippen LogP contribution in [-0.4, -0.2) is 207 Å². The third kappa shape index (κ3) is 41.8. The first-order chi connectivity index (χ1) is 44.8. The van der Waals surface area contributed by atoms with Crippen molar-refractivity contribution in [2.75, 3.05) is 58.1 Å². The summed E-state index contributed by atoms with van der Waals surface area (Å²) >= 11 is 4.09. The Kier molecular flexibility index (Phi) is 43.2. The van der Waals surface area contributed by atoms with Gasteiger partial charge in [0.2, 0.25) is 53.2 Å². The number of thiol groups is 1. The zero-order valence-corrected chi connectivity index (χ0v) is 54.8. The summed E-state index contributed by atoms with van der Waals surface area (Å²) in [4.78, 5) is 158. The van der Waals surface area contributed by atoms with Gasteiger partial charge >= 0.3 is 0 Å². The Morgan fingerprint density at radius 3 is 0.547 bits per heavy atom. The number of amides is 9. The Bertz CT molecular complexity index is 2680. The number of primary amides is 1. The number of hydrogen-bond acceptors (Lipinski definition) is 18. The molecule has 538 valence electrons. The lowest BCUT2D eigenvalue weighted by Crippen LogP contribution is -2.60. The van der Waals surface area contributed by atoms with Gasteiger partial charge in [-0.05, 0) is 103 Å². The van der Waals surface area contributed by atoms with E-state index in [1.54, 1.807) is 6.92 Å². The van der Waals surface area contributed by atoms with Gasteiger partial charge in [-0.25, -0.2) is 0 Å². The van der Waals surface area contributed by atoms with Gasteiger partial charge in [0.05, 0.1) is 0 Å². The number of aliphatic imine (C=N–C) groups is 8. The molecule has 0 aliphatic carbocycles. The number of rotatable bonds is 50. The van der Waals surface area contributed by atoms with E-state index in [0.29, 0.717) is 12.8 Å². The fourth-order valence-electron chi connectivity index (χ4n) is 8.57. The van der Waals surface area contributed by atoms with Crippen molar-refractivity contribution in [2.24, 2.45) is 143 Å². The molecule has 42 N–H and O–H groups in total. The Labute approximate surface area is 556 Å². The Morgan fingerprint density at radius 1 is 0.253 bits per heavy atom. The molecule has 0 saturated carbocycles. The first-order valence-electron chi connectivity index (χ1n) is 30.5. The van der Waals surface area contributed by atoms with E-state index in [4.69, 9.17) is 97.5 Å². The van der Waals surface area contributed by atoms with Crippen molar-refractivity contribution in [2.45, 2.75) is 158 Å². The molecule has 42 nitrogen and oxygen atoms in total. The van der Waals surface area contributed by atoms with Crippen molar-refractivity contribution in [1.29, 1.82) is 0 Å². The molecule has 0 unspecified atom stereocenters. The second-order valence-electron chi connectivity index (χ2n) is 21.6. The van der Waals surface area contributed by atoms with Crippen LogP contribution in [0.4, 0.5) is 0 Å². The second kappa shape index (κ2) is 48.5. The predicted molar refractivity (Wildman–Crippen MR) is 367 cm³/mol. The quantitative estimate of drug-likeness (QED) is 0.0116. The van der Waals surface area contributed by atoms with Crippen molar-refractivity contribution >= 4 is 113 Å². The molecule has 43 heteroatoms. The number of nitrogens with zero attached hydrogens (tertiary/aromatic N) is 8. The zero-order valence-electron chi connectivity index (χ0n) is 53.9. The van der Waals surface area contributed by atoms with Crippen LogP contribution in [0.3, 0.4) is 0 Å². The normalized spacial score (nSPS) is 13.5. The third-order valence-electron chi connectivity index (χ3n) is 13.4. The third-order valence-corrected chi connectivity index (χ3v) is 13.8. The van der Waals surface area contributed by atoms with E-state index < -0.39 is 107 Å². The molecule has 95 heavy (non-hydrogen) atoms. The van der Waals surface area contributed by atoms with Crippen LogP contribution in [0, 0.1) is 5.92 Å². The summed E-state index contributed by atoms with van der Waals surface area (Å²) in [7, 11) is 0. The first kappa shape index (κ1) is 84.7. The fourth-order valence-corrected chi connectivity index (χ4v) is 8.84. The monoisotopic (exact) mass is 1370 g/mol. The smallest absolute Gasteiger partial charge is 0.243 e. The van der Waals surface area contributed by atoms with Crippen LogP contribution in [0.1, 0.15) is 110 Å². The van der Waals surface area contributed by atoms with E-state index in [1.807, 2.05) is 0 Å². The molecule has 0 aromatic carbocycles. The number of hydrogen-bond donors (Lipinski definition) is 26. The summed E-state index contributed by atoms with van der Waals surface area (Å²) < 4.78 is 0. The molecule has 0 heterocycles. The van der Waals surface area contributed by atoms with Crippen molar-refractivity contribution < 1.29 is 43.2 Å². The topological polar surface area (TPSA) is 791 Å². The minimum absolute atomic E-state index is 0.00222. The summed E-state index contributed by atoms with van der Waals surface area (Å²) in [5.74, 6) is -10.5. The molecule has 0 bridgehead atoms. The van der Waals surface area contributed by atoms with Crippen molar-refractivity contribution in [3.63, 3.8) is 0 Å². The molecule has 0 rings (SSSR count). The molecular weight excluding hydrogens is 1260 g/mol. The minimum atomic E-state index is -1.53. The predicted octanol–water partition coefficient (Wildman–Crippen LogP) is -11.7. The van der Waals surface area contributed by atoms with Gasteiger partial charge in [0.25, 0.3) is 0 Å². The highest BCUT2D eigenvalue weighted by atomic mass is 32.1. The van der Waals surface area contributed by atoms with Crippen LogP contribution in [0.25, 0.3) is 0 Å². The molecule has 9 amide bonds. The lowest BCUT2D eigenvalue weighted by Gasteiger charge is -2.28. The average molecular weight is 1370 g/mol. The van der Waals surface area contributed by atoms with Gasteiger partial charge in [-0.1, -0.05) is 6.92 Å². The van der Waals surface area contributed by atoms with Gasteiger partial charge in [-0.15, -0.1) is 0 Å². The second-order valence-corrected chi connectivity index (χ2v) is 21.9. The van der Waals surface area contributed by atoms with Gasteiger partial charge in [-0.2, -0.15) is 12.6 Å². The van der Waals surface area contributed by atoms with Crippen molar-refractivity contribution in [3.05, 3.63) is 0 Å². The molecule has 9 atom stereocenters. The van der Waals surface area contributed by atoms with Crippen molar-refractivity contribution in [1.82, 2.24) is 42.5 Å². The van der Waals surface area contributed by atoms with Crippen LogP contribution < -0.4 is 140 Å². The summed E-state index contributed by atoms with van der Waals surface area (Å²) in [6.07, 6.45) is 0.459. The molecule has 0 radical (unpaired) electrons. The van der Waals surface area contributed by atoms with Gasteiger partial charge in [0.15, 0.2) is 47.7 Å². The minimum Gasteiger partial charge on any atom is -0.370 e. The molecule has 0 aromatic heterocycles. The van der Waals surface area contributed by atoms with Crippen LogP contribution in [0.5, 0.6) is 0 Å². The summed E-state index contributed by atoms with van der Waals surface area (Å²) in [5, 5.41) is 21.1. The lowest BCUT2D eigenvalue weighted by atomic mass is 10.0. The highest BCUT2D eigenvalue weighted by molar-refractivity contribution is 7.80. The largest absolute Gasteiger partial charge is 0.370 e. The number of nitrogens with two attached hydrogens (primary N) is 17. The zero-order chi connectivity index (χ0) is 72.0. The maximum Gasteiger partial charge on any atom is 0.243 e. The van der Waals surface area contributed by atoms with E-state index in [0.717, 1.165) is 0 Å². The molecule has 0 spiro atoms. The van der Waals surface area contributed by atoms with Gasteiger partial charge in [0.1, 0.15) is 48.3 Å². The molecule has 0 aromatic rings. The molecule has 0 saturated heterocycles. The van der Waals surface area contributed by atoms with Gasteiger partial charge in [0, 0.05) is 64.0 Å². The van der Waals surface area contributed by atoms with E-state index in [2.05, 4.69) is 95.1 Å². The maximum atomic E-state index is 14.8. The fraction of sp³-hybridized carbons (Fsp3) is 0.673. The Morgan fingerprint density at radius 2 is 0.400 bits per heavy atom. The van der Waals surface area contributed by atoms with E-state index in [1.165, 1.54) is 0 Å². The highest BCUT2D eigenvalue weighted by Gasteiger charge is 2.35. The van der Waals surface area contributed by atoms with E-state index >= 15 is 0 Å². The van der Waals surface area contributed by atoms with Crippen LogP contribution in [-0.2, 0) is 43.2 Å². The first-order valence-corrected chi connectivity index (χ1v) is 31.2. The average Bonchev–Trinajstić information content (AvgIpc) is 1.04. The summed E-state index contributed by atoms with van der Waals surface area (Å²) in [6.45, 7) is 1.82. The molecule has 0 aliphatic heterocycles. The van der Waals surface area contributed by atoms with E-state index in [9.17, 15) is 43.2 Å². The number of carbonyl (C=O) groups is 9. The molecule has 0 fully saturated rings. The lowest BCUT2D eigenvalue weighted by molar-refractivity contribution is -0.136. The molecular formula is C52H105N33O9S. The summed E-state index contributed by atoms with van der Waals surface area (Å²) in [6, 6.07) is -11.3. The van der Waals surface area contributed by atoms with E-state index in [-0.39, 0.29) is 196 Å². The van der Waals surface area contributed by atoms with Crippen LogP contribution in [0.2, 0.25) is 0 Å². The standard InChI is InChI=1S/C52H105N33O9S/c1-27(10-2-18-70-45(54)55)37(87)78-28(11-3-19-71-46(56)57)38(88)79-29(12-4-20-72-47(58)59)39(89)80-30(13-5-21-73-48(60)61)40(90)81-31(14-6-22-74-49(62)63)41(91)82-32(15-7-23-75-50(64)65)42(92)83-33(16-8-24-76-51(66)67)43(93)84-34(17-9-25-77-52(68)69)44(94)85-35(26-95)36(53)86/h27-35,95H,2-26H2,1H3,(H2,53,86)(H,78,87)(H,79,88)(H,80,89)(H,81,90)(H,82,91)(H,83,92)(H,84,93)(H,85,94)(H4,54,55,70)(H4,56,57,71)(H4,58,59,72)(H4,60,61,73)(H4,62,63,74)(H4,64,65,75)(H4,66,67,76)(H4,68,69,77)/t27-,28-,29-,30-,31-,32-,33-,34-,35-/m1/s1. The van der Waals surface area contributed by atoms with Gasteiger partial charge in [-0.3, -0.25) is 83.1 Å². The van der Waals surface area contributed by atoms with Gasteiger partial charge < -0.3 is 140 Å². The van der Waals surface area contributed by atoms with Crippen LogP contribution in [0.15, 0.2) is 39.9 Å². The number of guanidine groups is 8. The molecule has 0 aliphatic rings. The maximum absolute atomic E-state index is 14.8.